The van der Waals surface area contributed by atoms with Gasteiger partial charge < -0.3 is 12.2 Å². The van der Waals surface area contributed by atoms with Gasteiger partial charge in [0.2, 0.25) is 0 Å². The van der Waals surface area contributed by atoms with Crippen molar-refractivity contribution in [3.8, 4) is 0 Å². The number of nitrogens with zero attached hydrogens (tertiary/aromatic N) is 1. The van der Waals surface area contributed by atoms with E-state index in [1.165, 1.54) is 12.8 Å². The summed E-state index contributed by atoms with van der Waals surface area (Å²) in [4.78, 5) is 2.41. The standard InChI is InChI=1S/C8H18N2.C5H11.Li/c1-7-8(2,3)10(4)6-5-9-7;1-3-5-4-2;/h7,9H,5-6H2,1-4H3;1,3-5H2,2H3;/q;-1;+1. The smallest absolute Gasteiger partial charge is 0.343 e. The van der Waals surface area contributed by atoms with E-state index in [0.29, 0.717) is 11.6 Å². The Bertz CT molecular complexity index is 146. The summed E-state index contributed by atoms with van der Waals surface area (Å²) in [5.74, 6) is 0. The number of rotatable bonds is 2. The van der Waals surface area contributed by atoms with Crippen LogP contribution in [0.3, 0.4) is 0 Å². The first-order valence-electron chi connectivity index (χ1n) is 6.20. The van der Waals surface area contributed by atoms with Gasteiger partial charge in [-0.05, 0) is 27.8 Å². The number of piperazine rings is 1. The number of hydrogen-bond donors (Lipinski definition) is 1. The van der Waals surface area contributed by atoms with Crippen LogP contribution in [0.1, 0.15) is 47.0 Å². The van der Waals surface area contributed by atoms with E-state index in [4.69, 9.17) is 0 Å². The van der Waals surface area contributed by atoms with Gasteiger partial charge in [0.05, 0.1) is 0 Å². The molecular weight excluding hydrogens is 191 g/mol. The molecule has 3 heteroatoms. The molecule has 0 amide bonds. The normalized spacial score (nSPS) is 24.0. The summed E-state index contributed by atoms with van der Waals surface area (Å²) in [6.07, 6.45) is 3.65. The topological polar surface area (TPSA) is 15.3 Å². The second-order valence-electron chi connectivity index (χ2n) is 4.96. The van der Waals surface area contributed by atoms with Crippen molar-refractivity contribution in [2.45, 2.75) is 58.5 Å². The quantitative estimate of drug-likeness (QED) is 0.508. The predicted molar refractivity (Wildman–Crippen MR) is 69.1 cm³/mol. The van der Waals surface area contributed by atoms with E-state index in [-0.39, 0.29) is 18.9 Å². The van der Waals surface area contributed by atoms with Gasteiger partial charge in [0.1, 0.15) is 0 Å². The first kappa shape index (κ1) is 18.9. The van der Waals surface area contributed by atoms with Crippen molar-refractivity contribution in [1.82, 2.24) is 10.2 Å². The molecule has 1 saturated heterocycles. The molecule has 0 spiro atoms. The predicted octanol–water partition coefficient (Wildman–Crippen LogP) is -0.297. The summed E-state index contributed by atoms with van der Waals surface area (Å²) in [5.41, 5.74) is 0.318. The van der Waals surface area contributed by atoms with Gasteiger partial charge in [-0.25, -0.2) is 0 Å². The molecule has 0 aliphatic carbocycles. The zero-order valence-corrected chi connectivity index (χ0v) is 12.3. The molecule has 0 aromatic rings. The van der Waals surface area contributed by atoms with Crippen LogP contribution in [0, 0.1) is 6.92 Å². The Morgan fingerprint density at radius 3 is 2.25 bits per heavy atom. The van der Waals surface area contributed by atoms with Crippen LogP contribution in [-0.4, -0.2) is 36.6 Å². The summed E-state index contributed by atoms with van der Waals surface area (Å²) < 4.78 is 0. The first-order valence-corrected chi connectivity index (χ1v) is 6.20. The molecule has 1 fully saturated rings. The average Bonchev–Trinajstić information content (AvgIpc) is 2.17. The molecule has 0 aromatic heterocycles. The summed E-state index contributed by atoms with van der Waals surface area (Å²) >= 11 is 0. The van der Waals surface area contributed by atoms with Crippen molar-refractivity contribution in [2.75, 3.05) is 20.1 Å². The van der Waals surface area contributed by atoms with Crippen LogP contribution in [-0.2, 0) is 0 Å². The molecule has 1 heterocycles. The molecule has 0 bridgehead atoms. The Kier molecular flexibility index (Phi) is 11.2. The second kappa shape index (κ2) is 9.54. The van der Waals surface area contributed by atoms with Crippen molar-refractivity contribution in [3.63, 3.8) is 0 Å². The molecule has 0 saturated carbocycles. The number of likely N-dealkylation sites (N-methyl/N-ethyl adjacent to an activating group) is 1. The van der Waals surface area contributed by atoms with E-state index in [1.54, 1.807) is 0 Å². The minimum Gasteiger partial charge on any atom is -0.343 e. The number of nitrogens with one attached hydrogen (secondary N) is 1. The Morgan fingerprint density at radius 2 is 2.00 bits per heavy atom. The van der Waals surface area contributed by atoms with E-state index in [9.17, 15) is 0 Å². The van der Waals surface area contributed by atoms with E-state index < -0.39 is 0 Å². The summed E-state index contributed by atoms with van der Waals surface area (Å²) in [5, 5.41) is 3.46. The molecule has 1 unspecified atom stereocenters. The average molecular weight is 220 g/mol. The fourth-order valence-electron chi connectivity index (χ4n) is 1.57. The van der Waals surface area contributed by atoms with Crippen molar-refractivity contribution in [1.29, 1.82) is 0 Å². The Hall–Kier alpha value is 0.517. The number of hydrogen-bond acceptors (Lipinski definition) is 2. The van der Waals surface area contributed by atoms with Gasteiger partial charge in [-0.3, -0.25) is 4.90 Å². The third-order valence-corrected chi connectivity index (χ3v) is 3.54. The van der Waals surface area contributed by atoms with Crippen LogP contribution in [0.25, 0.3) is 0 Å². The first-order chi connectivity index (χ1) is 6.96. The fraction of sp³-hybridized carbons (Fsp3) is 0.923. The third kappa shape index (κ3) is 6.30. The Labute approximate surface area is 115 Å². The van der Waals surface area contributed by atoms with E-state index in [0.717, 1.165) is 19.5 Å². The van der Waals surface area contributed by atoms with Crippen LogP contribution in [0.2, 0.25) is 0 Å². The van der Waals surface area contributed by atoms with Gasteiger partial charge in [-0.2, -0.15) is 6.42 Å². The SMILES string of the molecule is CC1NCCN(C)C1(C)C.[CH2-]CCCC.[Li+]. The fourth-order valence-corrected chi connectivity index (χ4v) is 1.57. The third-order valence-electron chi connectivity index (χ3n) is 3.54. The zero-order chi connectivity index (χ0) is 11.9. The molecule has 2 nitrogen and oxygen atoms in total. The number of unbranched alkanes of at least 4 members (excludes halogenated alkanes) is 2. The van der Waals surface area contributed by atoms with E-state index >= 15 is 0 Å². The molecule has 0 radical (unpaired) electrons. The Morgan fingerprint density at radius 1 is 1.44 bits per heavy atom. The molecule has 16 heavy (non-hydrogen) atoms. The summed E-state index contributed by atoms with van der Waals surface area (Å²) in [7, 11) is 2.19. The van der Waals surface area contributed by atoms with Crippen LogP contribution in [0.15, 0.2) is 0 Å². The van der Waals surface area contributed by atoms with Crippen LogP contribution < -0.4 is 24.2 Å². The van der Waals surface area contributed by atoms with Gasteiger partial charge in [-0.15, -0.1) is 0 Å². The molecule has 1 atom stereocenters. The zero-order valence-electron chi connectivity index (χ0n) is 12.3. The van der Waals surface area contributed by atoms with Crippen LogP contribution in [0.4, 0.5) is 0 Å². The molecule has 1 aliphatic rings. The molecule has 92 valence electrons. The summed E-state index contributed by atoms with van der Waals surface area (Å²) in [6.45, 7) is 14.9. The van der Waals surface area contributed by atoms with Crippen LogP contribution in [0.5, 0.6) is 0 Å². The molecular formula is C13H29LiN2. The maximum Gasteiger partial charge on any atom is 1.00 e. The maximum absolute atomic E-state index is 3.68. The summed E-state index contributed by atoms with van der Waals surface area (Å²) in [6, 6.07) is 0.603. The van der Waals surface area contributed by atoms with Crippen molar-refractivity contribution in [2.24, 2.45) is 0 Å². The minimum atomic E-state index is 0. The van der Waals surface area contributed by atoms with Gasteiger partial charge in [0, 0.05) is 24.7 Å². The van der Waals surface area contributed by atoms with Gasteiger partial charge >= 0.3 is 18.9 Å². The van der Waals surface area contributed by atoms with Gasteiger partial charge in [-0.1, -0.05) is 19.8 Å². The monoisotopic (exact) mass is 220 g/mol. The largest absolute Gasteiger partial charge is 1.00 e. The molecule has 1 N–H and O–H groups in total. The maximum atomic E-state index is 3.68. The minimum absolute atomic E-state index is 0. The van der Waals surface area contributed by atoms with Gasteiger partial charge in [0.15, 0.2) is 0 Å². The van der Waals surface area contributed by atoms with Crippen molar-refractivity contribution >= 4 is 0 Å². The van der Waals surface area contributed by atoms with Crippen LogP contribution >= 0.6 is 0 Å². The van der Waals surface area contributed by atoms with E-state index in [1.807, 2.05) is 0 Å². The molecule has 0 aromatic carbocycles. The second-order valence-corrected chi connectivity index (χ2v) is 4.96. The van der Waals surface area contributed by atoms with Crippen molar-refractivity contribution in [3.05, 3.63) is 6.92 Å². The molecule has 1 aliphatic heterocycles. The van der Waals surface area contributed by atoms with Crippen molar-refractivity contribution < 1.29 is 18.9 Å². The molecule has 1 rings (SSSR count). The van der Waals surface area contributed by atoms with E-state index in [2.05, 4.69) is 51.9 Å². The van der Waals surface area contributed by atoms with Gasteiger partial charge in [0.25, 0.3) is 0 Å². The Balaban J connectivity index is 0.